The van der Waals surface area contributed by atoms with Crippen LogP contribution >= 0.6 is 0 Å². The third-order valence-electron chi connectivity index (χ3n) is 11.7. The summed E-state index contributed by atoms with van der Waals surface area (Å²) in [4.78, 5) is 4.16. The van der Waals surface area contributed by atoms with Crippen molar-refractivity contribution in [2.45, 2.75) is 114 Å². The second-order valence-corrected chi connectivity index (χ2v) is 14.7. The number of aliphatic hydroxyl groups is 4. The van der Waals surface area contributed by atoms with Crippen LogP contribution in [0.25, 0.3) is 0 Å². The minimum absolute atomic E-state index is 0.00927. The Balaban J connectivity index is 1.29. The molecule has 0 amide bonds. The van der Waals surface area contributed by atoms with Crippen LogP contribution in [0.1, 0.15) is 116 Å². The molecular formula is C39H52NO9-. The molecule has 10 nitrogen and oxygen atoms in total. The van der Waals surface area contributed by atoms with Gasteiger partial charge in [0.25, 0.3) is 0 Å². The fourth-order valence-corrected chi connectivity index (χ4v) is 9.16. The summed E-state index contributed by atoms with van der Waals surface area (Å²) in [5.41, 5.74) is 4.05. The third-order valence-corrected chi connectivity index (χ3v) is 11.7. The van der Waals surface area contributed by atoms with Crippen molar-refractivity contribution >= 4 is 0 Å². The molecule has 3 aromatic rings. The zero-order valence-electron chi connectivity index (χ0n) is 28.5. The Kier molecular flexibility index (Phi) is 11.1. The number of phenols is 3. The lowest BCUT2D eigenvalue weighted by Crippen LogP contribution is -2.44. The predicted molar refractivity (Wildman–Crippen MR) is 183 cm³/mol. The standard InChI is InChI=1S/C39H52NO9/c1-21-5-8-25(31(43)4-3-13-41)27(14-21)28-16-23(7-10-32(28)44)24-6-9-26-33(45)18-35(49-34(26)17-24)36-29(15-22-11-12-40-19-22)39(48-2)38(47)37(46)30(36)20-42/h7,10-12,16,19,21,24-27,31,33-35,41-47H,3-6,8-9,13-15,17-18,20H2,1-2H3/q-1/t21-,24-,25+,26-,27+,31-,33+,34+,35+/m1/s1. The highest BCUT2D eigenvalue weighted by atomic mass is 16.5. The Hall–Kier alpha value is -3.28. The minimum Gasteiger partial charge on any atom is -0.670 e. The number of aromatic nitrogens is 1. The van der Waals surface area contributed by atoms with Crippen LogP contribution in [-0.2, 0) is 17.8 Å². The van der Waals surface area contributed by atoms with Gasteiger partial charge in [0, 0.05) is 30.1 Å². The molecule has 0 radical (unpaired) electrons. The first kappa shape index (κ1) is 35.5. The van der Waals surface area contributed by atoms with E-state index in [0.717, 1.165) is 48.8 Å². The number of phenolic OH excluding ortho intramolecular Hbond substituents is 2. The number of methoxy groups -OCH3 is 1. The highest BCUT2D eigenvalue weighted by Crippen LogP contribution is 2.53. The summed E-state index contributed by atoms with van der Waals surface area (Å²) in [6.07, 6.45) is 7.88. The highest BCUT2D eigenvalue weighted by Gasteiger charge is 2.44. The number of aromatic hydroxyl groups is 3. The second kappa shape index (κ2) is 15.3. The van der Waals surface area contributed by atoms with E-state index in [0.29, 0.717) is 42.7 Å². The molecule has 1 aliphatic heterocycles. The second-order valence-electron chi connectivity index (χ2n) is 14.7. The molecule has 1 saturated heterocycles. The molecule has 7 N–H and O–H groups in total. The number of ether oxygens (including phenoxy) is 2. The third kappa shape index (κ3) is 7.17. The van der Waals surface area contributed by atoms with Crippen molar-refractivity contribution in [3.05, 3.63) is 70.0 Å². The maximum atomic E-state index is 11.5. The van der Waals surface area contributed by atoms with Gasteiger partial charge in [0.15, 0.2) is 11.5 Å². The summed E-state index contributed by atoms with van der Waals surface area (Å²) in [5, 5.41) is 75.3. The Morgan fingerprint density at radius 2 is 1.80 bits per heavy atom. The van der Waals surface area contributed by atoms with Crippen molar-refractivity contribution in [2.75, 3.05) is 13.7 Å². The van der Waals surface area contributed by atoms with E-state index in [1.54, 1.807) is 18.5 Å². The molecule has 9 atom stereocenters. The monoisotopic (exact) mass is 678 g/mol. The normalized spacial score (nSPS) is 29.3. The molecule has 268 valence electrons. The first-order valence-electron chi connectivity index (χ1n) is 17.9. The zero-order valence-corrected chi connectivity index (χ0v) is 28.5. The van der Waals surface area contributed by atoms with Gasteiger partial charge in [-0.3, -0.25) is 0 Å². The number of benzene rings is 2. The first-order chi connectivity index (χ1) is 23.6. The van der Waals surface area contributed by atoms with Gasteiger partial charge in [-0.05, 0) is 97.8 Å². The van der Waals surface area contributed by atoms with Crippen LogP contribution in [0.3, 0.4) is 0 Å². The fourth-order valence-electron chi connectivity index (χ4n) is 9.16. The maximum absolute atomic E-state index is 11.5. The van der Waals surface area contributed by atoms with E-state index in [9.17, 15) is 35.7 Å². The molecule has 2 aromatic carbocycles. The van der Waals surface area contributed by atoms with Gasteiger partial charge in [-0.2, -0.15) is 12.4 Å². The molecule has 3 fully saturated rings. The SMILES string of the molecule is COc1c(O)c(O)c(CO)c([C@@H]2C[C@H](O)[C@H]3CC[C@@H](c4ccc(O)c([C@H]5C[C@H](C)CC[C@@H]5[C@H](O)CCCO)c4)C[C@@H]3O2)c1Cc1cc[n-]c1. The number of nitrogens with zero attached hydrogens (tertiary/aromatic N) is 1. The van der Waals surface area contributed by atoms with Gasteiger partial charge in [-0.25, -0.2) is 0 Å². The van der Waals surface area contributed by atoms with Crippen LogP contribution < -0.4 is 9.72 Å². The van der Waals surface area contributed by atoms with Crippen LogP contribution in [0, 0.1) is 17.8 Å². The summed E-state index contributed by atoms with van der Waals surface area (Å²) in [5.74, 6) is -0.0507. The number of hydrogen-bond donors (Lipinski definition) is 7. The lowest BCUT2D eigenvalue weighted by molar-refractivity contribution is -0.154. The topological polar surface area (TPSA) is 174 Å². The molecule has 0 bridgehead atoms. The van der Waals surface area contributed by atoms with Crippen molar-refractivity contribution in [1.29, 1.82) is 0 Å². The molecule has 2 heterocycles. The van der Waals surface area contributed by atoms with E-state index in [1.165, 1.54) is 7.11 Å². The summed E-state index contributed by atoms with van der Waals surface area (Å²) >= 11 is 0. The van der Waals surface area contributed by atoms with Crippen molar-refractivity contribution in [3.8, 4) is 23.0 Å². The minimum atomic E-state index is -0.674. The molecule has 3 aliphatic rings. The molecule has 2 aliphatic carbocycles. The van der Waals surface area contributed by atoms with Gasteiger partial charge in [-0.15, -0.1) is 0 Å². The highest BCUT2D eigenvalue weighted by molar-refractivity contribution is 5.64. The van der Waals surface area contributed by atoms with Crippen molar-refractivity contribution in [3.63, 3.8) is 0 Å². The maximum Gasteiger partial charge on any atom is 0.201 e. The van der Waals surface area contributed by atoms with E-state index in [1.807, 2.05) is 12.1 Å². The zero-order chi connectivity index (χ0) is 34.8. The van der Waals surface area contributed by atoms with Crippen LogP contribution in [0.2, 0.25) is 0 Å². The number of rotatable bonds is 11. The molecular weight excluding hydrogens is 626 g/mol. The average Bonchev–Trinajstić information content (AvgIpc) is 3.62. The number of hydrogen-bond acceptors (Lipinski definition) is 9. The van der Waals surface area contributed by atoms with E-state index in [-0.39, 0.29) is 59.9 Å². The Bertz CT molecular complexity index is 1560. The van der Waals surface area contributed by atoms with Gasteiger partial charge < -0.3 is 50.2 Å². The van der Waals surface area contributed by atoms with Crippen molar-refractivity contribution in [1.82, 2.24) is 4.98 Å². The molecule has 1 aromatic heterocycles. The smallest absolute Gasteiger partial charge is 0.201 e. The number of aliphatic hydroxyl groups excluding tert-OH is 4. The van der Waals surface area contributed by atoms with E-state index in [2.05, 4.69) is 18.0 Å². The lowest BCUT2D eigenvalue weighted by atomic mass is 9.67. The average molecular weight is 679 g/mol. The first-order valence-corrected chi connectivity index (χ1v) is 17.9. The van der Waals surface area contributed by atoms with Crippen molar-refractivity contribution < 1.29 is 45.2 Å². The quantitative estimate of drug-likeness (QED) is 0.132. The summed E-state index contributed by atoms with van der Waals surface area (Å²) in [6, 6.07) is 7.71. The Labute approximate surface area is 288 Å². The van der Waals surface area contributed by atoms with Gasteiger partial charge in [-0.1, -0.05) is 37.1 Å². The molecule has 0 spiro atoms. The van der Waals surface area contributed by atoms with Crippen LogP contribution in [0.5, 0.6) is 23.0 Å². The predicted octanol–water partition coefficient (Wildman–Crippen LogP) is 5.28. The molecule has 2 saturated carbocycles. The molecule has 0 unspecified atom stereocenters. The molecule has 6 rings (SSSR count). The van der Waals surface area contributed by atoms with Crippen LogP contribution in [0.4, 0.5) is 0 Å². The van der Waals surface area contributed by atoms with E-state index >= 15 is 0 Å². The van der Waals surface area contributed by atoms with Gasteiger partial charge in [0.1, 0.15) is 5.75 Å². The Morgan fingerprint density at radius 3 is 2.51 bits per heavy atom. The van der Waals surface area contributed by atoms with Crippen LogP contribution in [0.15, 0.2) is 36.7 Å². The number of fused-ring (bicyclic) bond motifs is 1. The van der Waals surface area contributed by atoms with Gasteiger partial charge in [0.2, 0.25) is 5.75 Å². The molecule has 10 heteroatoms. The van der Waals surface area contributed by atoms with E-state index in [4.69, 9.17) is 9.47 Å². The largest absolute Gasteiger partial charge is 0.670 e. The summed E-state index contributed by atoms with van der Waals surface area (Å²) < 4.78 is 12.4. The lowest BCUT2D eigenvalue weighted by Gasteiger charge is -2.46. The van der Waals surface area contributed by atoms with Gasteiger partial charge in [0.05, 0.1) is 38.1 Å². The van der Waals surface area contributed by atoms with Gasteiger partial charge >= 0.3 is 0 Å². The summed E-state index contributed by atoms with van der Waals surface area (Å²) in [7, 11) is 1.42. The van der Waals surface area contributed by atoms with Crippen LogP contribution in [-0.4, -0.2) is 67.8 Å². The van der Waals surface area contributed by atoms with Crippen molar-refractivity contribution in [2.24, 2.45) is 17.8 Å². The Morgan fingerprint density at radius 1 is 0.980 bits per heavy atom. The molecule has 49 heavy (non-hydrogen) atoms. The van der Waals surface area contributed by atoms with E-state index < -0.39 is 36.4 Å². The summed E-state index contributed by atoms with van der Waals surface area (Å²) in [6.45, 7) is 1.73. The fraction of sp³-hybridized carbons (Fsp3) is 0.590.